The molecule has 1 saturated carbocycles. The molecule has 0 bridgehead atoms. The van der Waals surface area contributed by atoms with Crippen LogP contribution in [-0.2, 0) is 0 Å². The Kier molecular flexibility index (Phi) is 3.97. The highest BCUT2D eigenvalue weighted by atomic mass is 16.1. The minimum Gasteiger partial charge on any atom is -0.346 e. The molecule has 1 aromatic rings. The van der Waals surface area contributed by atoms with Crippen LogP contribution in [0.1, 0.15) is 36.0 Å². The van der Waals surface area contributed by atoms with Crippen molar-refractivity contribution in [3.63, 3.8) is 0 Å². The van der Waals surface area contributed by atoms with E-state index in [2.05, 4.69) is 11.9 Å². The molecule has 0 unspecified atom stereocenters. The van der Waals surface area contributed by atoms with Crippen LogP contribution in [-0.4, -0.2) is 11.9 Å². The molecule has 0 radical (unpaired) electrons. The first-order valence-corrected chi connectivity index (χ1v) is 6.29. The summed E-state index contributed by atoms with van der Waals surface area (Å²) in [6.07, 6.45) is 6.82. The molecule has 1 aliphatic carbocycles. The Labute approximate surface area is 103 Å². The first kappa shape index (κ1) is 11.9. The van der Waals surface area contributed by atoms with Gasteiger partial charge in [-0.1, -0.05) is 37.1 Å². The highest BCUT2D eigenvalue weighted by Crippen LogP contribution is 2.28. The van der Waals surface area contributed by atoms with Gasteiger partial charge >= 0.3 is 0 Å². The van der Waals surface area contributed by atoms with Crippen molar-refractivity contribution in [3.8, 4) is 0 Å². The fourth-order valence-corrected chi connectivity index (χ4v) is 2.51. The van der Waals surface area contributed by atoms with Crippen LogP contribution in [0, 0.1) is 5.92 Å². The van der Waals surface area contributed by atoms with Crippen molar-refractivity contribution < 1.29 is 4.79 Å². The zero-order valence-corrected chi connectivity index (χ0v) is 10.1. The van der Waals surface area contributed by atoms with Crippen LogP contribution in [0.5, 0.6) is 0 Å². The van der Waals surface area contributed by atoms with E-state index in [1.807, 2.05) is 36.4 Å². The summed E-state index contributed by atoms with van der Waals surface area (Å²) >= 11 is 0. The number of carbonyl (C=O) groups excluding carboxylic acids is 1. The van der Waals surface area contributed by atoms with Crippen LogP contribution in [0.25, 0.3) is 0 Å². The smallest absolute Gasteiger partial charge is 0.251 e. The molecule has 90 valence electrons. The Morgan fingerprint density at radius 2 is 1.94 bits per heavy atom. The van der Waals surface area contributed by atoms with Gasteiger partial charge in [-0.2, -0.15) is 0 Å². The van der Waals surface area contributed by atoms with Crippen LogP contribution in [0.4, 0.5) is 0 Å². The van der Waals surface area contributed by atoms with Gasteiger partial charge in [-0.15, -0.1) is 6.58 Å². The number of carbonyl (C=O) groups is 1. The van der Waals surface area contributed by atoms with Crippen LogP contribution in [0.2, 0.25) is 0 Å². The third-order valence-electron chi connectivity index (χ3n) is 3.50. The molecule has 1 N–H and O–H groups in total. The fourth-order valence-electron chi connectivity index (χ4n) is 2.51. The van der Waals surface area contributed by atoms with E-state index in [4.69, 9.17) is 0 Å². The van der Waals surface area contributed by atoms with Crippen LogP contribution < -0.4 is 5.32 Å². The largest absolute Gasteiger partial charge is 0.346 e. The summed E-state index contributed by atoms with van der Waals surface area (Å²) < 4.78 is 0. The molecular formula is C15H19NO. The molecule has 0 saturated heterocycles. The lowest BCUT2D eigenvalue weighted by atomic mass is 9.98. The minimum absolute atomic E-state index is 0.00222. The molecule has 0 aliphatic heterocycles. The predicted octanol–water partition coefficient (Wildman–Crippen LogP) is 3.16. The van der Waals surface area contributed by atoms with E-state index in [-0.39, 0.29) is 11.9 Å². The first-order valence-electron chi connectivity index (χ1n) is 6.29. The van der Waals surface area contributed by atoms with Gasteiger partial charge in [-0.25, -0.2) is 0 Å². The Morgan fingerprint density at radius 3 is 2.53 bits per heavy atom. The molecule has 0 heterocycles. The first-order chi connectivity index (χ1) is 8.31. The maximum atomic E-state index is 12.0. The number of benzene rings is 1. The van der Waals surface area contributed by atoms with Crippen molar-refractivity contribution in [2.24, 2.45) is 5.92 Å². The molecule has 1 fully saturated rings. The van der Waals surface area contributed by atoms with Crippen molar-refractivity contribution in [1.82, 2.24) is 5.32 Å². The van der Waals surface area contributed by atoms with Gasteiger partial charge in [0.15, 0.2) is 0 Å². The summed E-state index contributed by atoms with van der Waals surface area (Å²) in [6, 6.07) is 9.47. The second kappa shape index (κ2) is 5.67. The summed E-state index contributed by atoms with van der Waals surface area (Å²) in [4.78, 5) is 12.0. The van der Waals surface area contributed by atoms with Gasteiger partial charge in [0.2, 0.25) is 0 Å². The second-order valence-corrected chi connectivity index (χ2v) is 4.65. The van der Waals surface area contributed by atoms with Crippen molar-refractivity contribution in [1.29, 1.82) is 0 Å². The summed E-state index contributed by atoms with van der Waals surface area (Å²) in [5.74, 6) is 0.572. The molecule has 2 heteroatoms. The van der Waals surface area contributed by atoms with E-state index in [1.54, 1.807) is 0 Å². The molecule has 0 aromatic heterocycles. The normalized spacial score (nSPS) is 17.6. The van der Waals surface area contributed by atoms with Gasteiger partial charge in [0, 0.05) is 11.6 Å². The molecule has 2 rings (SSSR count). The van der Waals surface area contributed by atoms with Gasteiger partial charge in [-0.3, -0.25) is 4.79 Å². The summed E-state index contributed by atoms with van der Waals surface area (Å²) in [7, 11) is 0. The molecule has 1 atom stereocenters. The van der Waals surface area contributed by atoms with E-state index in [1.165, 1.54) is 25.7 Å². The Bertz CT molecular complexity index is 379. The van der Waals surface area contributed by atoms with Crippen LogP contribution >= 0.6 is 0 Å². The van der Waals surface area contributed by atoms with E-state index in [0.29, 0.717) is 5.92 Å². The Balaban J connectivity index is 1.99. The van der Waals surface area contributed by atoms with Gasteiger partial charge in [0.05, 0.1) is 0 Å². The van der Waals surface area contributed by atoms with Gasteiger partial charge in [0.1, 0.15) is 0 Å². The number of nitrogens with one attached hydrogen (secondary N) is 1. The fraction of sp³-hybridized carbons (Fsp3) is 0.400. The number of rotatable bonds is 4. The predicted molar refractivity (Wildman–Crippen MR) is 69.9 cm³/mol. The minimum atomic E-state index is 0.00222. The zero-order valence-electron chi connectivity index (χ0n) is 10.1. The summed E-state index contributed by atoms with van der Waals surface area (Å²) in [5.41, 5.74) is 0.720. The van der Waals surface area contributed by atoms with E-state index >= 15 is 0 Å². The van der Waals surface area contributed by atoms with Crippen molar-refractivity contribution in [3.05, 3.63) is 48.6 Å². The lowest BCUT2D eigenvalue weighted by Gasteiger charge is -2.21. The lowest BCUT2D eigenvalue weighted by molar-refractivity contribution is 0.0933. The Hall–Kier alpha value is -1.57. The molecule has 1 amide bonds. The maximum absolute atomic E-state index is 12.0. The monoisotopic (exact) mass is 229 g/mol. The molecule has 1 aromatic carbocycles. The average Bonchev–Trinajstić information content (AvgIpc) is 2.90. The van der Waals surface area contributed by atoms with Crippen LogP contribution in [0.15, 0.2) is 43.0 Å². The third kappa shape index (κ3) is 2.96. The second-order valence-electron chi connectivity index (χ2n) is 4.65. The van der Waals surface area contributed by atoms with Gasteiger partial charge < -0.3 is 5.32 Å². The van der Waals surface area contributed by atoms with E-state index in [0.717, 1.165) is 5.56 Å². The SMILES string of the molecule is C=C[C@H](NC(=O)c1ccccc1)C1CCCC1. The zero-order chi connectivity index (χ0) is 12.1. The molecule has 1 aliphatic rings. The Morgan fingerprint density at radius 1 is 1.29 bits per heavy atom. The highest BCUT2D eigenvalue weighted by molar-refractivity contribution is 5.94. The number of hydrogen-bond donors (Lipinski definition) is 1. The van der Waals surface area contributed by atoms with E-state index in [9.17, 15) is 4.79 Å². The summed E-state index contributed by atoms with van der Waals surface area (Å²) in [5, 5.41) is 3.07. The molecule has 17 heavy (non-hydrogen) atoms. The van der Waals surface area contributed by atoms with Crippen molar-refractivity contribution >= 4 is 5.91 Å². The lowest BCUT2D eigenvalue weighted by Crippen LogP contribution is -2.37. The quantitative estimate of drug-likeness (QED) is 0.789. The van der Waals surface area contributed by atoms with Gasteiger partial charge in [0.25, 0.3) is 5.91 Å². The maximum Gasteiger partial charge on any atom is 0.251 e. The van der Waals surface area contributed by atoms with E-state index < -0.39 is 0 Å². The average molecular weight is 229 g/mol. The topological polar surface area (TPSA) is 29.1 Å². The summed E-state index contributed by atoms with van der Waals surface area (Å²) in [6.45, 7) is 3.84. The highest BCUT2D eigenvalue weighted by Gasteiger charge is 2.24. The molecular weight excluding hydrogens is 210 g/mol. The molecule has 0 spiro atoms. The number of hydrogen-bond acceptors (Lipinski definition) is 1. The number of amides is 1. The standard InChI is InChI=1S/C15H19NO/c1-2-14(12-8-6-7-9-12)16-15(17)13-10-4-3-5-11-13/h2-5,10-12,14H,1,6-9H2,(H,16,17)/t14-/m0/s1. The van der Waals surface area contributed by atoms with Crippen molar-refractivity contribution in [2.45, 2.75) is 31.7 Å². The van der Waals surface area contributed by atoms with Crippen molar-refractivity contribution in [2.75, 3.05) is 0 Å². The van der Waals surface area contributed by atoms with Crippen LogP contribution in [0.3, 0.4) is 0 Å². The third-order valence-corrected chi connectivity index (χ3v) is 3.50. The molecule has 2 nitrogen and oxygen atoms in total. The van der Waals surface area contributed by atoms with Gasteiger partial charge in [-0.05, 0) is 30.9 Å².